The van der Waals surface area contributed by atoms with Crippen LogP contribution >= 0.6 is 11.8 Å². The summed E-state index contributed by atoms with van der Waals surface area (Å²) in [4.78, 5) is 11.3. The molecule has 1 fully saturated rings. The number of methoxy groups -OCH3 is 1. The highest BCUT2D eigenvalue weighted by atomic mass is 32.2. The van der Waals surface area contributed by atoms with E-state index in [4.69, 9.17) is 4.74 Å². The van der Waals surface area contributed by atoms with Crippen LogP contribution in [-0.2, 0) is 9.53 Å². The topological polar surface area (TPSA) is 38.3 Å². The van der Waals surface area contributed by atoms with E-state index < -0.39 is 0 Å². The summed E-state index contributed by atoms with van der Waals surface area (Å²) in [6.45, 7) is 0.814. The fourth-order valence-electron chi connectivity index (χ4n) is 1.75. The van der Waals surface area contributed by atoms with Gasteiger partial charge in [0, 0.05) is 17.5 Å². The number of ether oxygens (including phenoxy) is 1. The van der Waals surface area contributed by atoms with Crippen molar-refractivity contribution < 1.29 is 9.53 Å². The molecule has 0 saturated carbocycles. The van der Waals surface area contributed by atoms with Crippen molar-refractivity contribution in [2.24, 2.45) is 0 Å². The van der Waals surface area contributed by atoms with E-state index in [2.05, 4.69) is 17.4 Å². The summed E-state index contributed by atoms with van der Waals surface area (Å²) in [6.07, 6.45) is 0. The maximum atomic E-state index is 11.3. The van der Waals surface area contributed by atoms with Gasteiger partial charge in [0.2, 0.25) is 0 Å². The van der Waals surface area contributed by atoms with Gasteiger partial charge in [0.25, 0.3) is 0 Å². The summed E-state index contributed by atoms with van der Waals surface area (Å²) >= 11 is 1.80. The number of rotatable bonds is 2. The zero-order valence-electron chi connectivity index (χ0n) is 9.18. The molecule has 1 saturated heterocycles. The van der Waals surface area contributed by atoms with Gasteiger partial charge in [-0.25, -0.2) is 0 Å². The van der Waals surface area contributed by atoms with E-state index in [0.717, 1.165) is 12.3 Å². The highest BCUT2D eigenvalue weighted by Crippen LogP contribution is 2.31. The minimum Gasteiger partial charge on any atom is -0.468 e. The van der Waals surface area contributed by atoms with Crippen LogP contribution in [0, 0.1) is 0 Å². The van der Waals surface area contributed by atoms with E-state index >= 15 is 0 Å². The van der Waals surface area contributed by atoms with Crippen molar-refractivity contribution in [3.05, 3.63) is 35.9 Å². The molecule has 1 N–H and O–H groups in total. The van der Waals surface area contributed by atoms with Crippen LogP contribution in [-0.4, -0.2) is 31.4 Å². The molecule has 0 radical (unpaired) electrons. The Bertz CT molecular complexity index is 347. The lowest BCUT2D eigenvalue weighted by Gasteiger charge is -2.28. The summed E-state index contributed by atoms with van der Waals surface area (Å²) in [5.74, 6) is 0.602. The summed E-state index contributed by atoms with van der Waals surface area (Å²) < 4.78 is 4.72. The molecule has 1 aromatic carbocycles. The van der Waals surface area contributed by atoms with E-state index in [1.807, 2.05) is 18.2 Å². The number of hydrogen-bond acceptors (Lipinski definition) is 4. The molecule has 0 amide bonds. The number of hydrogen-bond donors (Lipinski definition) is 1. The SMILES string of the molecule is COC(=O)[C@@H]1CS[C@@H](c2ccccc2)CN1. The van der Waals surface area contributed by atoms with Crippen LogP contribution in [0.3, 0.4) is 0 Å². The molecule has 3 nitrogen and oxygen atoms in total. The van der Waals surface area contributed by atoms with E-state index in [9.17, 15) is 4.79 Å². The number of benzene rings is 1. The Morgan fingerprint density at radius 3 is 2.75 bits per heavy atom. The molecule has 0 aromatic heterocycles. The molecule has 16 heavy (non-hydrogen) atoms. The van der Waals surface area contributed by atoms with Crippen LogP contribution in [0.1, 0.15) is 10.8 Å². The molecule has 0 aliphatic carbocycles. The molecular weight excluding hydrogens is 222 g/mol. The van der Waals surface area contributed by atoms with Crippen LogP contribution in [0.5, 0.6) is 0 Å². The van der Waals surface area contributed by atoms with E-state index in [0.29, 0.717) is 5.25 Å². The molecule has 1 aliphatic heterocycles. The average Bonchev–Trinajstić information content (AvgIpc) is 2.39. The maximum absolute atomic E-state index is 11.3. The molecule has 0 spiro atoms. The fraction of sp³-hybridized carbons (Fsp3) is 0.417. The lowest BCUT2D eigenvalue weighted by molar-refractivity contribution is -0.142. The van der Waals surface area contributed by atoms with Gasteiger partial charge in [-0.15, -0.1) is 0 Å². The molecule has 86 valence electrons. The van der Waals surface area contributed by atoms with Crippen LogP contribution in [0.2, 0.25) is 0 Å². The second-order valence-electron chi connectivity index (χ2n) is 3.72. The Hall–Kier alpha value is -1.00. The van der Waals surface area contributed by atoms with Crippen molar-refractivity contribution in [3.8, 4) is 0 Å². The number of nitrogens with one attached hydrogen (secondary N) is 1. The minimum absolute atomic E-state index is 0.157. The molecule has 0 unspecified atom stereocenters. The number of thioether (sulfide) groups is 1. The largest absolute Gasteiger partial charge is 0.468 e. The normalized spacial score (nSPS) is 25.1. The third-order valence-corrected chi connectivity index (χ3v) is 4.04. The third kappa shape index (κ3) is 2.57. The van der Waals surface area contributed by atoms with Crippen molar-refractivity contribution in [2.45, 2.75) is 11.3 Å². The monoisotopic (exact) mass is 237 g/mol. The first kappa shape index (κ1) is 11.5. The summed E-state index contributed by atoms with van der Waals surface area (Å²) in [5, 5.41) is 3.66. The molecule has 4 heteroatoms. The van der Waals surface area contributed by atoms with E-state index in [-0.39, 0.29) is 12.0 Å². The fourth-order valence-corrected chi connectivity index (χ4v) is 3.00. The zero-order valence-corrected chi connectivity index (χ0v) is 10.00. The minimum atomic E-state index is -0.168. The van der Waals surface area contributed by atoms with Crippen LogP contribution in [0.4, 0.5) is 0 Å². The molecule has 1 aliphatic rings. The average molecular weight is 237 g/mol. The summed E-state index contributed by atoms with van der Waals surface area (Å²) in [5.41, 5.74) is 1.31. The van der Waals surface area contributed by atoms with Crippen LogP contribution in [0.15, 0.2) is 30.3 Å². The van der Waals surface area contributed by atoms with E-state index in [1.54, 1.807) is 11.8 Å². The van der Waals surface area contributed by atoms with E-state index in [1.165, 1.54) is 12.7 Å². The molecule has 2 rings (SSSR count). The smallest absolute Gasteiger partial charge is 0.323 e. The van der Waals surface area contributed by atoms with Gasteiger partial charge >= 0.3 is 5.97 Å². The van der Waals surface area contributed by atoms with Gasteiger partial charge in [-0.1, -0.05) is 30.3 Å². The lowest BCUT2D eigenvalue weighted by atomic mass is 10.1. The van der Waals surface area contributed by atoms with Gasteiger partial charge in [0.15, 0.2) is 0 Å². The van der Waals surface area contributed by atoms with Gasteiger partial charge < -0.3 is 10.1 Å². The van der Waals surface area contributed by atoms with Gasteiger partial charge in [0.1, 0.15) is 6.04 Å². The predicted molar refractivity (Wildman–Crippen MR) is 65.4 cm³/mol. The predicted octanol–water partition coefficient (Wildman–Crippen LogP) is 1.61. The summed E-state index contributed by atoms with van der Waals surface area (Å²) in [6, 6.07) is 10.2. The van der Waals surface area contributed by atoms with Gasteiger partial charge in [-0.05, 0) is 5.56 Å². The maximum Gasteiger partial charge on any atom is 0.323 e. The molecule has 1 aromatic rings. The molecule has 2 atom stereocenters. The van der Waals surface area contributed by atoms with Crippen molar-refractivity contribution in [1.82, 2.24) is 5.32 Å². The second-order valence-corrected chi connectivity index (χ2v) is 4.95. The summed E-state index contributed by atoms with van der Waals surface area (Å²) in [7, 11) is 1.43. The van der Waals surface area contributed by atoms with Gasteiger partial charge in [-0.2, -0.15) is 11.8 Å². The Labute approximate surface area is 99.6 Å². The zero-order chi connectivity index (χ0) is 11.4. The first-order valence-electron chi connectivity index (χ1n) is 5.29. The number of carbonyl (C=O) groups excluding carboxylic acids is 1. The molecule has 0 bridgehead atoms. The van der Waals surface area contributed by atoms with Crippen molar-refractivity contribution in [3.63, 3.8) is 0 Å². The second kappa shape index (κ2) is 5.37. The third-order valence-electron chi connectivity index (χ3n) is 2.67. The first-order valence-corrected chi connectivity index (χ1v) is 6.34. The Morgan fingerprint density at radius 2 is 2.19 bits per heavy atom. The van der Waals surface area contributed by atoms with Crippen LogP contribution < -0.4 is 5.32 Å². The Morgan fingerprint density at radius 1 is 1.44 bits per heavy atom. The molecule has 1 heterocycles. The Kier molecular flexibility index (Phi) is 3.85. The van der Waals surface area contributed by atoms with Crippen molar-refractivity contribution in [1.29, 1.82) is 0 Å². The first-order chi connectivity index (χ1) is 7.81. The number of esters is 1. The standard InChI is InChI=1S/C12H15NO2S/c1-15-12(14)10-8-16-11(7-13-10)9-5-3-2-4-6-9/h2-6,10-11,13H,7-8H2,1H3/t10-,11+/m0/s1. The van der Waals surface area contributed by atoms with Gasteiger partial charge in [-0.3, -0.25) is 4.79 Å². The molecular formula is C12H15NO2S. The van der Waals surface area contributed by atoms with Crippen molar-refractivity contribution in [2.75, 3.05) is 19.4 Å². The van der Waals surface area contributed by atoms with Gasteiger partial charge in [0.05, 0.1) is 7.11 Å². The highest BCUT2D eigenvalue weighted by Gasteiger charge is 2.27. The van der Waals surface area contributed by atoms with Crippen molar-refractivity contribution >= 4 is 17.7 Å². The highest BCUT2D eigenvalue weighted by molar-refractivity contribution is 7.99. The Balaban J connectivity index is 1.93. The number of carbonyl (C=O) groups is 1. The van der Waals surface area contributed by atoms with Crippen LogP contribution in [0.25, 0.3) is 0 Å². The quantitative estimate of drug-likeness (QED) is 0.793. The lowest BCUT2D eigenvalue weighted by Crippen LogP contribution is -2.44.